The lowest BCUT2D eigenvalue weighted by Crippen LogP contribution is -2.18. The highest BCUT2D eigenvalue weighted by molar-refractivity contribution is 5.58. The second-order valence-corrected chi connectivity index (χ2v) is 3.43. The predicted molar refractivity (Wildman–Crippen MR) is 63.4 cm³/mol. The largest absolute Gasteiger partial charge is 0.391 e. The van der Waals surface area contributed by atoms with Crippen molar-refractivity contribution in [2.24, 2.45) is 0 Å². The average molecular weight is 224 g/mol. The number of rotatable bonds is 6. The number of nitrogens with one attached hydrogen (secondary N) is 2. The van der Waals surface area contributed by atoms with Crippen molar-refractivity contribution in [3.63, 3.8) is 0 Å². The van der Waals surface area contributed by atoms with Gasteiger partial charge in [-0.3, -0.25) is 4.79 Å². The van der Waals surface area contributed by atoms with Crippen LogP contribution in [0.25, 0.3) is 0 Å². The molecule has 0 spiro atoms. The van der Waals surface area contributed by atoms with Crippen LogP contribution >= 0.6 is 0 Å². The van der Waals surface area contributed by atoms with Crippen LogP contribution in [0.3, 0.4) is 0 Å². The molecule has 0 fully saturated rings. The van der Waals surface area contributed by atoms with Gasteiger partial charge >= 0.3 is 0 Å². The van der Waals surface area contributed by atoms with E-state index >= 15 is 0 Å². The summed E-state index contributed by atoms with van der Waals surface area (Å²) in [6.07, 6.45) is 1.30. The fourth-order valence-corrected chi connectivity index (χ4v) is 1.04. The summed E-state index contributed by atoms with van der Waals surface area (Å²) in [6, 6.07) is 0. The van der Waals surface area contributed by atoms with Crippen molar-refractivity contribution in [3.8, 4) is 0 Å². The first-order valence-corrected chi connectivity index (χ1v) is 4.90. The van der Waals surface area contributed by atoms with Crippen LogP contribution in [-0.4, -0.2) is 29.7 Å². The number of H-pyrrole nitrogens is 1. The van der Waals surface area contributed by atoms with E-state index in [0.717, 1.165) is 5.57 Å². The number of hydrogen-bond donors (Lipinski definition) is 3. The first kappa shape index (κ1) is 12.3. The van der Waals surface area contributed by atoms with Crippen molar-refractivity contribution in [1.82, 2.24) is 9.97 Å². The standard InChI is InChI=1S/C10H16N4O2/c1-7(2)5-16-4-3-12-9-8(11)10(15)14-6-13-9/h6H,1,3-5,11H2,2H3,(H2,12,13,14,15). The van der Waals surface area contributed by atoms with Crippen molar-refractivity contribution >= 4 is 11.5 Å². The summed E-state index contributed by atoms with van der Waals surface area (Å²) >= 11 is 0. The molecule has 6 heteroatoms. The molecule has 1 heterocycles. The highest BCUT2D eigenvalue weighted by Gasteiger charge is 2.02. The SMILES string of the molecule is C=C(C)COCCNc1nc[nH]c(=O)c1N. The van der Waals surface area contributed by atoms with Crippen molar-refractivity contribution in [3.05, 3.63) is 28.8 Å². The molecule has 0 amide bonds. The summed E-state index contributed by atoms with van der Waals surface area (Å²) in [5, 5.41) is 2.92. The summed E-state index contributed by atoms with van der Waals surface area (Å²) in [4.78, 5) is 17.4. The van der Waals surface area contributed by atoms with E-state index in [9.17, 15) is 4.79 Å². The molecule has 0 aromatic carbocycles. The Morgan fingerprint density at radius 2 is 2.50 bits per heavy atom. The Kier molecular flexibility index (Phi) is 4.53. The normalized spacial score (nSPS) is 10.1. The van der Waals surface area contributed by atoms with E-state index in [4.69, 9.17) is 10.5 Å². The summed E-state index contributed by atoms with van der Waals surface area (Å²) in [5.41, 5.74) is 6.23. The smallest absolute Gasteiger partial charge is 0.276 e. The van der Waals surface area contributed by atoms with Crippen molar-refractivity contribution in [1.29, 1.82) is 0 Å². The summed E-state index contributed by atoms with van der Waals surface area (Å²) in [5.74, 6) is 0.377. The highest BCUT2D eigenvalue weighted by atomic mass is 16.5. The number of hydrogen-bond acceptors (Lipinski definition) is 5. The van der Waals surface area contributed by atoms with Crippen molar-refractivity contribution in [2.75, 3.05) is 30.8 Å². The molecule has 6 nitrogen and oxygen atoms in total. The van der Waals surface area contributed by atoms with Gasteiger partial charge in [-0.25, -0.2) is 4.98 Å². The Bertz CT molecular complexity index is 414. The van der Waals surface area contributed by atoms with Crippen LogP contribution in [0.15, 0.2) is 23.3 Å². The molecule has 16 heavy (non-hydrogen) atoms. The molecule has 0 aliphatic heterocycles. The topological polar surface area (TPSA) is 93.0 Å². The van der Waals surface area contributed by atoms with Gasteiger partial charge in [0.1, 0.15) is 5.69 Å². The lowest BCUT2D eigenvalue weighted by Gasteiger charge is -2.07. The number of anilines is 2. The Hall–Kier alpha value is -1.82. The van der Waals surface area contributed by atoms with Gasteiger partial charge in [0.15, 0.2) is 5.82 Å². The lowest BCUT2D eigenvalue weighted by atomic mass is 10.4. The van der Waals surface area contributed by atoms with Crippen LogP contribution in [0, 0.1) is 0 Å². The number of ether oxygens (including phenoxy) is 1. The van der Waals surface area contributed by atoms with Gasteiger partial charge in [0.2, 0.25) is 0 Å². The minimum atomic E-state index is -0.347. The molecule has 0 radical (unpaired) electrons. The molecule has 0 saturated heterocycles. The molecule has 88 valence electrons. The third-order valence-electron chi connectivity index (χ3n) is 1.78. The van der Waals surface area contributed by atoms with E-state index in [1.807, 2.05) is 6.92 Å². The number of nitrogens with two attached hydrogens (primary N) is 1. The van der Waals surface area contributed by atoms with Gasteiger partial charge in [-0.1, -0.05) is 12.2 Å². The van der Waals surface area contributed by atoms with Gasteiger partial charge in [0.25, 0.3) is 5.56 Å². The van der Waals surface area contributed by atoms with Gasteiger partial charge in [-0.15, -0.1) is 0 Å². The molecule has 0 bridgehead atoms. The fourth-order valence-electron chi connectivity index (χ4n) is 1.04. The maximum atomic E-state index is 11.1. The number of nitrogens with zero attached hydrogens (tertiary/aromatic N) is 1. The first-order chi connectivity index (χ1) is 7.61. The third-order valence-corrected chi connectivity index (χ3v) is 1.78. The number of aromatic nitrogens is 2. The number of nitrogen functional groups attached to an aromatic ring is 1. The summed E-state index contributed by atoms with van der Waals surface area (Å²) < 4.78 is 5.27. The lowest BCUT2D eigenvalue weighted by molar-refractivity contribution is 0.167. The molecular weight excluding hydrogens is 208 g/mol. The maximum absolute atomic E-state index is 11.1. The molecule has 0 saturated carbocycles. The van der Waals surface area contributed by atoms with Gasteiger partial charge < -0.3 is 20.8 Å². The maximum Gasteiger partial charge on any atom is 0.276 e. The van der Waals surface area contributed by atoms with Crippen LogP contribution < -0.4 is 16.6 Å². The van der Waals surface area contributed by atoms with Crippen LogP contribution in [0.2, 0.25) is 0 Å². The minimum absolute atomic E-state index is 0.0856. The molecule has 1 aromatic heterocycles. The quantitative estimate of drug-likeness (QED) is 0.479. The second-order valence-electron chi connectivity index (χ2n) is 3.43. The average Bonchev–Trinajstić information content (AvgIpc) is 2.23. The second kappa shape index (κ2) is 5.92. The summed E-state index contributed by atoms with van der Waals surface area (Å²) in [6.45, 7) is 7.17. The van der Waals surface area contributed by atoms with Crippen LogP contribution in [0.1, 0.15) is 6.92 Å². The Labute approximate surface area is 93.5 Å². The fraction of sp³-hybridized carbons (Fsp3) is 0.400. The molecule has 4 N–H and O–H groups in total. The van der Waals surface area contributed by atoms with Gasteiger partial charge in [0, 0.05) is 6.54 Å². The van der Waals surface area contributed by atoms with E-state index in [1.165, 1.54) is 6.33 Å². The monoisotopic (exact) mass is 224 g/mol. The van der Waals surface area contributed by atoms with E-state index in [2.05, 4.69) is 21.9 Å². The van der Waals surface area contributed by atoms with E-state index in [-0.39, 0.29) is 11.2 Å². The van der Waals surface area contributed by atoms with E-state index in [1.54, 1.807) is 0 Å². The predicted octanol–water partition coefficient (Wildman–Crippen LogP) is 0.357. The Morgan fingerprint density at radius 3 is 3.19 bits per heavy atom. The van der Waals surface area contributed by atoms with Crippen LogP contribution in [-0.2, 0) is 4.74 Å². The minimum Gasteiger partial charge on any atom is -0.391 e. The molecular formula is C10H16N4O2. The molecule has 0 aliphatic carbocycles. The molecule has 1 aromatic rings. The zero-order valence-electron chi connectivity index (χ0n) is 9.25. The van der Waals surface area contributed by atoms with Crippen LogP contribution in [0.4, 0.5) is 11.5 Å². The third kappa shape index (κ3) is 3.74. The number of aromatic amines is 1. The van der Waals surface area contributed by atoms with Crippen molar-refractivity contribution in [2.45, 2.75) is 6.92 Å². The van der Waals surface area contributed by atoms with E-state index < -0.39 is 0 Å². The Balaban J connectivity index is 2.35. The summed E-state index contributed by atoms with van der Waals surface area (Å²) in [7, 11) is 0. The molecule has 1 rings (SSSR count). The van der Waals surface area contributed by atoms with Crippen molar-refractivity contribution < 1.29 is 4.74 Å². The van der Waals surface area contributed by atoms with Gasteiger partial charge in [0.05, 0.1) is 19.5 Å². The molecule has 0 atom stereocenters. The first-order valence-electron chi connectivity index (χ1n) is 4.90. The van der Waals surface area contributed by atoms with Gasteiger partial charge in [-0.2, -0.15) is 0 Å². The van der Waals surface area contributed by atoms with E-state index in [0.29, 0.717) is 25.6 Å². The zero-order chi connectivity index (χ0) is 12.0. The Morgan fingerprint density at radius 1 is 1.75 bits per heavy atom. The molecule has 0 unspecified atom stereocenters. The zero-order valence-corrected chi connectivity index (χ0v) is 9.25. The van der Waals surface area contributed by atoms with Gasteiger partial charge in [-0.05, 0) is 6.92 Å². The van der Waals surface area contributed by atoms with Crippen LogP contribution in [0.5, 0.6) is 0 Å². The highest BCUT2D eigenvalue weighted by Crippen LogP contribution is 2.05. The molecule has 0 aliphatic rings.